The molecule has 0 fully saturated rings. The van der Waals surface area contributed by atoms with Crippen LogP contribution in [0.25, 0.3) is 0 Å². The number of rotatable bonds is 9. The highest BCUT2D eigenvalue weighted by Crippen LogP contribution is 2.26. The van der Waals surface area contributed by atoms with Gasteiger partial charge in [-0.25, -0.2) is 4.98 Å². The summed E-state index contributed by atoms with van der Waals surface area (Å²) >= 11 is 0. The Hall–Kier alpha value is -2.82. The Bertz CT molecular complexity index is 721. The molecule has 0 radical (unpaired) electrons. The maximum Gasteiger partial charge on any atom is 0.148 e. The summed E-state index contributed by atoms with van der Waals surface area (Å²) < 4.78 is 0. The minimum atomic E-state index is -0.00344. The predicted molar refractivity (Wildman–Crippen MR) is 108 cm³/mol. The molecule has 0 saturated heterocycles. The van der Waals surface area contributed by atoms with Crippen molar-refractivity contribution in [1.82, 2.24) is 10.4 Å². The molecule has 2 N–H and O–H groups in total. The highest BCUT2D eigenvalue weighted by Gasteiger charge is 2.14. The summed E-state index contributed by atoms with van der Waals surface area (Å²) in [4.78, 5) is 18.2. The van der Waals surface area contributed by atoms with Crippen LogP contribution in [0.4, 0.5) is 11.5 Å². The molecule has 2 rings (SSSR count). The van der Waals surface area contributed by atoms with E-state index in [0.717, 1.165) is 30.6 Å². The molecule has 2 aromatic rings. The van der Waals surface area contributed by atoms with Crippen molar-refractivity contribution < 1.29 is 4.79 Å². The topological polar surface area (TPSA) is 57.3 Å². The molecule has 0 aliphatic carbocycles. The van der Waals surface area contributed by atoms with Crippen LogP contribution in [0, 0.1) is 0 Å². The van der Waals surface area contributed by atoms with Crippen molar-refractivity contribution in [3.63, 3.8) is 0 Å². The number of anilines is 2. The van der Waals surface area contributed by atoms with Gasteiger partial charge in [0.15, 0.2) is 0 Å². The fraction of sp³-hybridized carbons (Fsp3) is 0.333. The molecule has 5 heteroatoms. The molecule has 0 aliphatic rings. The Balaban J connectivity index is 2.13. The number of aromatic nitrogens is 1. The number of nitrogens with one attached hydrogen (secondary N) is 2. The molecular formula is C21H28N4O. The predicted octanol–water partition coefficient (Wildman–Crippen LogP) is 4.12. The Kier molecular flexibility index (Phi) is 7.21. The highest BCUT2D eigenvalue weighted by molar-refractivity contribution is 5.77. The van der Waals surface area contributed by atoms with Crippen LogP contribution in [0.2, 0.25) is 0 Å². The Morgan fingerprint density at radius 1 is 1.15 bits per heavy atom. The molecule has 26 heavy (non-hydrogen) atoms. The maximum absolute atomic E-state index is 11.7. The van der Waals surface area contributed by atoms with E-state index in [1.807, 2.05) is 32.0 Å². The lowest BCUT2D eigenvalue weighted by molar-refractivity contribution is -0.105. The number of hydrazine groups is 1. The zero-order chi connectivity index (χ0) is 18.9. The van der Waals surface area contributed by atoms with Crippen molar-refractivity contribution in [2.24, 2.45) is 0 Å². The molecular weight excluding hydrogens is 324 g/mol. The Morgan fingerprint density at radius 3 is 2.38 bits per heavy atom. The third kappa shape index (κ3) is 4.85. The van der Waals surface area contributed by atoms with Crippen molar-refractivity contribution in [3.8, 4) is 0 Å². The summed E-state index contributed by atoms with van der Waals surface area (Å²) in [5.74, 6) is 0.699. The van der Waals surface area contributed by atoms with Gasteiger partial charge in [0.05, 0.1) is 0 Å². The quantitative estimate of drug-likeness (QED) is 0.404. The molecule has 1 aromatic carbocycles. The number of carbonyl (C=O) groups excluding carboxylic acids is 1. The number of hydrogen-bond acceptors (Lipinski definition) is 5. The average molecular weight is 352 g/mol. The molecule has 0 bridgehead atoms. The van der Waals surface area contributed by atoms with Gasteiger partial charge in [-0.3, -0.25) is 10.2 Å². The van der Waals surface area contributed by atoms with E-state index < -0.39 is 0 Å². The van der Waals surface area contributed by atoms with Crippen LogP contribution in [0.1, 0.15) is 39.2 Å². The van der Waals surface area contributed by atoms with Crippen LogP contribution >= 0.6 is 0 Å². The monoisotopic (exact) mass is 352 g/mol. The lowest BCUT2D eigenvalue weighted by Crippen LogP contribution is -2.23. The molecule has 0 amide bonds. The third-order valence-electron chi connectivity index (χ3n) is 4.59. The normalized spacial score (nSPS) is 12.8. The number of allylic oxidation sites excluding steroid dienone is 2. The summed E-state index contributed by atoms with van der Waals surface area (Å²) in [7, 11) is 0. The van der Waals surface area contributed by atoms with E-state index in [0.29, 0.717) is 11.4 Å². The average Bonchev–Trinajstić information content (AvgIpc) is 2.69. The first-order valence-electron chi connectivity index (χ1n) is 9.04. The zero-order valence-electron chi connectivity index (χ0n) is 16.0. The lowest BCUT2D eigenvalue weighted by atomic mass is 9.92. The number of pyridine rings is 1. The van der Waals surface area contributed by atoms with Crippen molar-refractivity contribution in [3.05, 3.63) is 65.5 Å². The van der Waals surface area contributed by atoms with Gasteiger partial charge < -0.3 is 10.3 Å². The van der Waals surface area contributed by atoms with Gasteiger partial charge in [0.25, 0.3) is 0 Å². The van der Waals surface area contributed by atoms with Crippen molar-refractivity contribution in [1.29, 1.82) is 0 Å². The smallest absolute Gasteiger partial charge is 0.148 e. The molecule has 138 valence electrons. The maximum atomic E-state index is 11.7. The van der Waals surface area contributed by atoms with Crippen LogP contribution in [-0.4, -0.2) is 24.4 Å². The molecule has 1 aromatic heterocycles. The van der Waals surface area contributed by atoms with Gasteiger partial charge in [0, 0.05) is 42.2 Å². The van der Waals surface area contributed by atoms with E-state index in [4.69, 9.17) is 0 Å². The van der Waals surface area contributed by atoms with Gasteiger partial charge in [-0.1, -0.05) is 25.1 Å². The van der Waals surface area contributed by atoms with E-state index in [2.05, 4.69) is 58.8 Å². The molecule has 0 spiro atoms. The standard InChI is InChI=1S/C21H28N4O/c1-5-25(6-2)19-12-10-18(11-13-19)16(3)20(15-26)17(4)23-24-21-9-7-8-14-22-21/h7-16,23H,5-6H2,1-4H3,(H,22,24)/b20-17+. The second kappa shape index (κ2) is 9.61. The van der Waals surface area contributed by atoms with Crippen molar-refractivity contribution >= 4 is 17.8 Å². The second-order valence-corrected chi connectivity index (χ2v) is 6.15. The fourth-order valence-electron chi connectivity index (χ4n) is 2.92. The van der Waals surface area contributed by atoms with Gasteiger partial charge >= 0.3 is 0 Å². The van der Waals surface area contributed by atoms with Crippen LogP contribution < -0.4 is 15.8 Å². The van der Waals surface area contributed by atoms with Crippen LogP contribution in [-0.2, 0) is 4.79 Å². The number of hydrogen-bond donors (Lipinski definition) is 2. The first kappa shape index (κ1) is 19.5. The lowest BCUT2D eigenvalue weighted by Gasteiger charge is -2.22. The Morgan fingerprint density at radius 2 is 1.85 bits per heavy atom. The molecule has 1 atom stereocenters. The summed E-state index contributed by atoms with van der Waals surface area (Å²) in [6.45, 7) is 10.2. The first-order valence-corrected chi connectivity index (χ1v) is 9.04. The van der Waals surface area contributed by atoms with Crippen molar-refractivity contribution in [2.75, 3.05) is 23.4 Å². The van der Waals surface area contributed by atoms with E-state index in [1.165, 1.54) is 5.69 Å². The van der Waals surface area contributed by atoms with Gasteiger partial charge in [0.2, 0.25) is 0 Å². The zero-order valence-corrected chi connectivity index (χ0v) is 16.0. The van der Waals surface area contributed by atoms with Gasteiger partial charge in [-0.05, 0) is 50.6 Å². The molecule has 1 heterocycles. The number of benzene rings is 1. The van der Waals surface area contributed by atoms with Gasteiger partial charge in [-0.2, -0.15) is 0 Å². The number of carbonyl (C=O) groups is 1. The van der Waals surface area contributed by atoms with E-state index in [1.54, 1.807) is 6.20 Å². The van der Waals surface area contributed by atoms with Crippen molar-refractivity contribution in [2.45, 2.75) is 33.6 Å². The van der Waals surface area contributed by atoms with Gasteiger partial charge in [0.1, 0.15) is 12.1 Å². The fourth-order valence-corrected chi connectivity index (χ4v) is 2.92. The molecule has 0 aliphatic heterocycles. The largest absolute Gasteiger partial charge is 0.372 e. The van der Waals surface area contributed by atoms with Crippen LogP contribution in [0.5, 0.6) is 0 Å². The van der Waals surface area contributed by atoms with Gasteiger partial charge in [-0.15, -0.1) is 0 Å². The first-order chi connectivity index (χ1) is 12.6. The SMILES string of the molecule is CCN(CC)c1ccc(C(C)/C(C=O)=C(\C)NNc2ccccn2)cc1. The van der Waals surface area contributed by atoms with E-state index in [9.17, 15) is 4.79 Å². The van der Waals surface area contributed by atoms with E-state index in [-0.39, 0.29) is 5.92 Å². The summed E-state index contributed by atoms with van der Waals surface area (Å²) in [6, 6.07) is 14.1. The summed E-state index contributed by atoms with van der Waals surface area (Å²) in [5, 5.41) is 0. The van der Waals surface area contributed by atoms with Crippen LogP contribution in [0.3, 0.4) is 0 Å². The molecule has 1 unspecified atom stereocenters. The number of nitrogens with zero attached hydrogens (tertiary/aromatic N) is 2. The minimum Gasteiger partial charge on any atom is -0.372 e. The van der Waals surface area contributed by atoms with Crippen LogP contribution in [0.15, 0.2) is 59.9 Å². The second-order valence-electron chi connectivity index (χ2n) is 6.15. The summed E-state index contributed by atoms with van der Waals surface area (Å²) in [5.41, 5.74) is 9.91. The Labute approximate surface area is 156 Å². The third-order valence-corrected chi connectivity index (χ3v) is 4.59. The van der Waals surface area contributed by atoms with E-state index >= 15 is 0 Å². The summed E-state index contributed by atoms with van der Waals surface area (Å²) in [6.07, 6.45) is 2.63. The minimum absolute atomic E-state index is 0.00344. The highest BCUT2D eigenvalue weighted by atomic mass is 16.1. The number of aldehydes is 1. The molecule has 0 saturated carbocycles. The molecule has 5 nitrogen and oxygen atoms in total.